The quantitative estimate of drug-likeness (QED) is 0.909. The van der Waals surface area contributed by atoms with E-state index in [1.54, 1.807) is 19.1 Å². The highest BCUT2D eigenvalue weighted by molar-refractivity contribution is 6.31. The number of aromatic nitrogens is 1. The van der Waals surface area contributed by atoms with Gasteiger partial charge in [0.15, 0.2) is 11.5 Å². The van der Waals surface area contributed by atoms with Crippen molar-refractivity contribution in [2.45, 2.75) is 31.7 Å². The predicted octanol–water partition coefficient (Wildman–Crippen LogP) is 2.96. The molecule has 0 aliphatic carbocycles. The summed E-state index contributed by atoms with van der Waals surface area (Å²) in [5.74, 6) is 0.992. The van der Waals surface area contributed by atoms with E-state index < -0.39 is 6.04 Å². The Morgan fingerprint density at radius 2 is 2.14 bits per heavy atom. The van der Waals surface area contributed by atoms with Crippen LogP contribution < -0.4 is 5.73 Å². The molecule has 1 aliphatic heterocycles. The first-order valence-electron chi connectivity index (χ1n) is 7.15. The van der Waals surface area contributed by atoms with Crippen LogP contribution in [0.5, 0.6) is 0 Å². The molecular formula is C15H19Cl2N3O2. The molecule has 1 amide bonds. The van der Waals surface area contributed by atoms with Crippen LogP contribution in [0.2, 0.25) is 5.02 Å². The van der Waals surface area contributed by atoms with Gasteiger partial charge in [-0.05, 0) is 38.0 Å². The maximum absolute atomic E-state index is 11.9. The molecule has 5 nitrogen and oxygen atoms in total. The lowest BCUT2D eigenvalue weighted by Crippen LogP contribution is -2.45. The van der Waals surface area contributed by atoms with Crippen molar-refractivity contribution in [2.24, 2.45) is 5.73 Å². The van der Waals surface area contributed by atoms with Crippen LogP contribution in [0.15, 0.2) is 22.6 Å². The van der Waals surface area contributed by atoms with E-state index in [4.69, 9.17) is 21.8 Å². The molecule has 2 aromatic rings. The second kappa shape index (κ2) is 6.86. The Labute approximate surface area is 140 Å². The van der Waals surface area contributed by atoms with E-state index in [-0.39, 0.29) is 24.2 Å². The Morgan fingerprint density at radius 3 is 2.77 bits per heavy atom. The third-order valence-electron chi connectivity index (χ3n) is 3.91. The summed E-state index contributed by atoms with van der Waals surface area (Å²) in [7, 11) is 0. The molecule has 1 aromatic carbocycles. The largest absolute Gasteiger partial charge is 0.440 e. The molecule has 1 saturated heterocycles. The van der Waals surface area contributed by atoms with Crippen molar-refractivity contribution in [1.82, 2.24) is 9.88 Å². The van der Waals surface area contributed by atoms with Gasteiger partial charge in [0.05, 0.1) is 6.04 Å². The topological polar surface area (TPSA) is 72.4 Å². The lowest BCUT2D eigenvalue weighted by molar-refractivity contribution is -0.133. The first kappa shape index (κ1) is 17.1. The SMILES string of the molecule is CC(N)C(=O)N1CCC(c2nc3cc(Cl)ccc3o2)CC1.Cl. The summed E-state index contributed by atoms with van der Waals surface area (Å²) in [6, 6.07) is 5.00. The minimum atomic E-state index is -0.437. The van der Waals surface area contributed by atoms with Crippen LogP contribution in [0, 0.1) is 0 Å². The van der Waals surface area contributed by atoms with Crippen molar-refractivity contribution in [3.8, 4) is 0 Å². The molecule has 22 heavy (non-hydrogen) atoms. The fourth-order valence-corrected chi connectivity index (χ4v) is 2.89. The Balaban J connectivity index is 0.00000176. The number of nitrogens with zero attached hydrogens (tertiary/aromatic N) is 2. The number of piperidine rings is 1. The number of rotatable bonds is 2. The summed E-state index contributed by atoms with van der Waals surface area (Å²) in [5, 5.41) is 0.652. The van der Waals surface area contributed by atoms with Crippen molar-refractivity contribution in [3.05, 3.63) is 29.1 Å². The van der Waals surface area contributed by atoms with Gasteiger partial charge in [0.2, 0.25) is 5.91 Å². The predicted molar refractivity (Wildman–Crippen MR) is 88.5 cm³/mol. The number of likely N-dealkylation sites (tertiary alicyclic amines) is 1. The van der Waals surface area contributed by atoms with Gasteiger partial charge in [0.25, 0.3) is 0 Å². The van der Waals surface area contributed by atoms with E-state index in [0.717, 1.165) is 29.8 Å². The standard InChI is InChI=1S/C15H18ClN3O2.ClH/c1-9(17)15(20)19-6-4-10(5-7-19)14-18-12-8-11(16)2-3-13(12)21-14;/h2-3,8-10H,4-7,17H2,1H3;1H. The summed E-state index contributed by atoms with van der Waals surface area (Å²) < 4.78 is 5.81. The Bertz CT molecular complexity index is 664. The number of oxazole rings is 1. The normalized spacial score (nSPS) is 17.3. The number of carbonyl (C=O) groups is 1. The van der Waals surface area contributed by atoms with Crippen molar-refractivity contribution in [1.29, 1.82) is 0 Å². The van der Waals surface area contributed by atoms with Gasteiger partial charge in [-0.1, -0.05) is 11.6 Å². The fraction of sp³-hybridized carbons (Fsp3) is 0.467. The summed E-state index contributed by atoms with van der Waals surface area (Å²) in [6.45, 7) is 3.12. The van der Waals surface area contributed by atoms with Gasteiger partial charge in [-0.3, -0.25) is 4.79 Å². The number of fused-ring (bicyclic) bond motifs is 1. The van der Waals surface area contributed by atoms with E-state index in [2.05, 4.69) is 4.98 Å². The molecule has 3 rings (SSSR count). The lowest BCUT2D eigenvalue weighted by Gasteiger charge is -2.31. The molecule has 0 spiro atoms. The molecule has 2 heterocycles. The third kappa shape index (κ3) is 3.37. The highest BCUT2D eigenvalue weighted by atomic mass is 35.5. The minimum Gasteiger partial charge on any atom is -0.440 e. The van der Waals surface area contributed by atoms with Gasteiger partial charge in [-0.15, -0.1) is 12.4 Å². The maximum atomic E-state index is 11.9. The van der Waals surface area contributed by atoms with Crippen molar-refractivity contribution >= 4 is 41.0 Å². The number of nitrogens with two attached hydrogens (primary N) is 1. The first-order chi connectivity index (χ1) is 10.0. The molecule has 0 bridgehead atoms. The monoisotopic (exact) mass is 343 g/mol. The summed E-state index contributed by atoms with van der Waals surface area (Å²) in [6.07, 6.45) is 1.69. The molecule has 7 heteroatoms. The molecule has 120 valence electrons. The molecule has 1 fully saturated rings. The number of amides is 1. The second-order valence-electron chi connectivity index (χ2n) is 5.55. The van der Waals surface area contributed by atoms with Gasteiger partial charge in [-0.2, -0.15) is 0 Å². The van der Waals surface area contributed by atoms with E-state index in [1.807, 2.05) is 11.0 Å². The Morgan fingerprint density at radius 1 is 1.45 bits per heavy atom. The van der Waals surface area contributed by atoms with Gasteiger partial charge in [0.1, 0.15) is 5.52 Å². The molecule has 2 N–H and O–H groups in total. The molecule has 0 saturated carbocycles. The molecule has 1 atom stereocenters. The van der Waals surface area contributed by atoms with Crippen molar-refractivity contribution in [2.75, 3.05) is 13.1 Å². The zero-order valence-electron chi connectivity index (χ0n) is 12.3. The van der Waals surface area contributed by atoms with E-state index in [9.17, 15) is 4.79 Å². The Kier molecular flexibility index (Phi) is 5.32. The maximum Gasteiger partial charge on any atom is 0.239 e. The zero-order valence-corrected chi connectivity index (χ0v) is 13.9. The molecule has 0 radical (unpaired) electrons. The average molecular weight is 344 g/mol. The summed E-state index contributed by atoms with van der Waals surface area (Å²) >= 11 is 5.96. The average Bonchev–Trinajstić information content (AvgIpc) is 2.89. The number of hydrogen-bond acceptors (Lipinski definition) is 4. The van der Waals surface area contributed by atoms with E-state index in [0.29, 0.717) is 18.1 Å². The van der Waals surface area contributed by atoms with Gasteiger partial charge in [-0.25, -0.2) is 4.98 Å². The fourth-order valence-electron chi connectivity index (χ4n) is 2.73. The lowest BCUT2D eigenvalue weighted by atomic mass is 9.96. The minimum absolute atomic E-state index is 0. The van der Waals surface area contributed by atoms with Crippen LogP contribution in [0.3, 0.4) is 0 Å². The third-order valence-corrected chi connectivity index (χ3v) is 4.15. The van der Waals surface area contributed by atoms with Crippen molar-refractivity contribution in [3.63, 3.8) is 0 Å². The van der Waals surface area contributed by atoms with E-state index >= 15 is 0 Å². The molecule has 1 aromatic heterocycles. The van der Waals surface area contributed by atoms with Crippen LogP contribution in [0.25, 0.3) is 11.1 Å². The number of carbonyl (C=O) groups excluding carboxylic acids is 1. The highest BCUT2D eigenvalue weighted by Crippen LogP contribution is 2.30. The zero-order chi connectivity index (χ0) is 15.0. The van der Waals surface area contributed by atoms with Crippen molar-refractivity contribution < 1.29 is 9.21 Å². The molecule has 1 aliphatic rings. The van der Waals surface area contributed by atoms with Crippen LogP contribution in [-0.4, -0.2) is 34.9 Å². The molecule has 1 unspecified atom stereocenters. The van der Waals surface area contributed by atoms with Gasteiger partial charge in [0, 0.05) is 24.0 Å². The Hall–Kier alpha value is -1.30. The molecular weight excluding hydrogens is 325 g/mol. The van der Waals surface area contributed by atoms with Crippen LogP contribution in [0.1, 0.15) is 31.6 Å². The van der Waals surface area contributed by atoms with Gasteiger partial charge < -0.3 is 15.1 Å². The first-order valence-corrected chi connectivity index (χ1v) is 7.53. The van der Waals surface area contributed by atoms with Gasteiger partial charge >= 0.3 is 0 Å². The number of halogens is 2. The van der Waals surface area contributed by atoms with Crippen LogP contribution in [0.4, 0.5) is 0 Å². The smallest absolute Gasteiger partial charge is 0.239 e. The van der Waals surface area contributed by atoms with Crippen LogP contribution >= 0.6 is 24.0 Å². The summed E-state index contributed by atoms with van der Waals surface area (Å²) in [4.78, 5) is 18.2. The summed E-state index contributed by atoms with van der Waals surface area (Å²) in [5.41, 5.74) is 7.18. The van der Waals surface area contributed by atoms with Crippen LogP contribution in [-0.2, 0) is 4.79 Å². The number of hydrogen-bond donors (Lipinski definition) is 1. The number of benzene rings is 1. The second-order valence-corrected chi connectivity index (χ2v) is 5.99. The highest BCUT2D eigenvalue weighted by Gasteiger charge is 2.28. The van der Waals surface area contributed by atoms with E-state index in [1.165, 1.54) is 0 Å².